The number of rotatable bonds is 3. The Morgan fingerprint density at radius 1 is 1.21 bits per heavy atom. The molecule has 1 unspecified atom stereocenters. The van der Waals surface area contributed by atoms with E-state index in [-0.39, 0.29) is 6.54 Å². The van der Waals surface area contributed by atoms with Gasteiger partial charge in [-0.1, -0.05) is 0 Å². The van der Waals surface area contributed by atoms with Gasteiger partial charge in [-0.15, -0.1) is 10.2 Å². The number of nitrogens with two attached hydrogens (primary N) is 1. The first-order valence-electron chi connectivity index (χ1n) is 7.53. The van der Waals surface area contributed by atoms with Crippen LogP contribution in [0.4, 0.5) is 0 Å². The van der Waals surface area contributed by atoms with Crippen LogP contribution in [0.25, 0.3) is 0 Å². The summed E-state index contributed by atoms with van der Waals surface area (Å²) >= 11 is 0. The minimum absolute atomic E-state index is 0.214. The number of hydrogen-bond donors (Lipinski definition) is 2. The summed E-state index contributed by atoms with van der Waals surface area (Å²) in [6.45, 7) is 0.214. The first-order valence-corrected chi connectivity index (χ1v) is 7.53. The summed E-state index contributed by atoms with van der Waals surface area (Å²) in [5.41, 5.74) is 5.58. The molecule has 1 heterocycles. The molecule has 0 aromatic carbocycles. The zero-order valence-electron chi connectivity index (χ0n) is 11.2. The van der Waals surface area contributed by atoms with Gasteiger partial charge in [-0.2, -0.15) is 0 Å². The third-order valence-electron chi connectivity index (χ3n) is 5.62. The fourth-order valence-electron chi connectivity index (χ4n) is 5.18. The van der Waals surface area contributed by atoms with Gasteiger partial charge in [-0.3, -0.25) is 0 Å². The van der Waals surface area contributed by atoms with Gasteiger partial charge in [0.2, 0.25) is 0 Å². The first-order chi connectivity index (χ1) is 9.26. The minimum Gasteiger partial charge on any atom is -0.384 e. The van der Waals surface area contributed by atoms with Crippen LogP contribution in [0.2, 0.25) is 0 Å². The normalized spacial score (nSPS) is 41.7. The summed E-state index contributed by atoms with van der Waals surface area (Å²) in [5.74, 6) is 4.10. The Hall–Kier alpha value is -0.940. The second-order valence-electron chi connectivity index (χ2n) is 6.77. The fraction of sp³-hybridized carbons (Fsp3) is 0.857. The van der Waals surface area contributed by atoms with Crippen molar-refractivity contribution < 1.29 is 5.11 Å². The second-order valence-corrected chi connectivity index (χ2v) is 6.77. The van der Waals surface area contributed by atoms with E-state index in [9.17, 15) is 5.11 Å². The zero-order chi connectivity index (χ0) is 13.0. The second kappa shape index (κ2) is 4.28. The summed E-state index contributed by atoms with van der Waals surface area (Å²) in [6.07, 6.45) is 8.01. The van der Waals surface area contributed by atoms with Crippen molar-refractivity contribution in [3.8, 4) is 0 Å². The average molecular weight is 262 g/mol. The molecule has 1 aromatic heterocycles. The van der Waals surface area contributed by atoms with Crippen molar-refractivity contribution in [2.75, 3.05) is 6.54 Å². The molecular formula is C14H22N4O. The molecule has 4 saturated carbocycles. The molecule has 0 aliphatic heterocycles. The SMILES string of the molecule is NCC(O)c1nncn1C1C2CC3CC(C2)CC1C3. The number of aromatic nitrogens is 3. The lowest BCUT2D eigenvalue weighted by Gasteiger charge is -2.54. The molecule has 4 fully saturated rings. The maximum atomic E-state index is 10.0. The summed E-state index contributed by atoms with van der Waals surface area (Å²) in [5, 5.41) is 18.1. The maximum Gasteiger partial charge on any atom is 0.163 e. The van der Waals surface area contributed by atoms with Crippen LogP contribution in [0.5, 0.6) is 0 Å². The minimum atomic E-state index is -0.681. The van der Waals surface area contributed by atoms with Gasteiger partial charge in [-0.05, 0) is 55.8 Å². The molecule has 5 rings (SSSR count). The molecule has 1 aromatic rings. The van der Waals surface area contributed by atoms with Crippen LogP contribution in [-0.2, 0) is 0 Å². The standard InChI is InChI=1S/C14H22N4O/c15-6-12(19)14-17-16-7-18(14)13-10-2-8-1-9(4-10)5-11(13)3-8/h7-13,19H,1-6,15H2. The Bertz CT molecular complexity index is 444. The highest BCUT2D eigenvalue weighted by atomic mass is 16.3. The third kappa shape index (κ3) is 1.75. The highest BCUT2D eigenvalue weighted by Crippen LogP contribution is 2.58. The molecule has 4 aliphatic rings. The molecule has 4 bridgehead atoms. The summed E-state index contributed by atoms with van der Waals surface area (Å²) in [4.78, 5) is 0. The molecule has 4 aliphatic carbocycles. The Kier molecular flexibility index (Phi) is 2.67. The van der Waals surface area contributed by atoms with Gasteiger partial charge in [-0.25, -0.2) is 0 Å². The van der Waals surface area contributed by atoms with Gasteiger partial charge in [0.1, 0.15) is 12.4 Å². The number of aliphatic hydroxyl groups is 1. The van der Waals surface area contributed by atoms with Gasteiger partial charge >= 0.3 is 0 Å². The van der Waals surface area contributed by atoms with Gasteiger partial charge in [0.15, 0.2) is 5.82 Å². The molecule has 19 heavy (non-hydrogen) atoms. The number of aliphatic hydroxyl groups excluding tert-OH is 1. The van der Waals surface area contributed by atoms with Crippen LogP contribution in [-0.4, -0.2) is 26.4 Å². The van der Waals surface area contributed by atoms with Crippen LogP contribution in [0.15, 0.2) is 6.33 Å². The van der Waals surface area contributed by atoms with Crippen molar-refractivity contribution in [1.82, 2.24) is 14.8 Å². The highest BCUT2D eigenvalue weighted by Gasteiger charge is 2.49. The zero-order valence-corrected chi connectivity index (χ0v) is 11.2. The average Bonchev–Trinajstić information content (AvgIpc) is 2.85. The lowest BCUT2D eigenvalue weighted by atomic mass is 9.54. The predicted molar refractivity (Wildman–Crippen MR) is 70.1 cm³/mol. The van der Waals surface area contributed by atoms with E-state index in [4.69, 9.17) is 5.73 Å². The topological polar surface area (TPSA) is 77.0 Å². The van der Waals surface area contributed by atoms with E-state index in [0.29, 0.717) is 11.9 Å². The number of nitrogens with zero attached hydrogens (tertiary/aromatic N) is 3. The van der Waals surface area contributed by atoms with E-state index >= 15 is 0 Å². The molecule has 0 amide bonds. The van der Waals surface area contributed by atoms with Gasteiger partial charge in [0.25, 0.3) is 0 Å². The number of hydrogen-bond acceptors (Lipinski definition) is 4. The molecule has 5 nitrogen and oxygen atoms in total. The molecule has 0 spiro atoms. The predicted octanol–water partition coefficient (Wildman–Crippen LogP) is 1.27. The van der Waals surface area contributed by atoms with E-state index in [1.807, 2.05) is 0 Å². The van der Waals surface area contributed by atoms with Gasteiger partial charge in [0.05, 0.1) is 0 Å². The smallest absolute Gasteiger partial charge is 0.163 e. The van der Waals surface area contributed by atoms with Crippen LogP contribution in [0, 0.1) is 23.7 Å². The van der Waals surface area contributed by atoms with Crippen molar-refractivity contribution in [3.05, 3.63) is 12.2 Å². The molecule has 1 atom stereocenters. The maximum absolute atomic E-state index is 10.0. The molecule has 0 saturated heterocycles. The van der Waals surface area contributed by atoms with E-state index in [1.165, 1.54) is 32.1 Å². The van der Waals surface area contributed by atoms with Gasteiger partial charge < -0.3 is 15.4 Å². The quantitative estimate of drug-likeness (QED) is 0.860. The third-order valence-corrected chi connectivity index (χ3v) is 5.62. The van der Waals surface area contributed by atoms with E-state index in [1.54, 1.807) is 6.33 Å². The lowest BCUT2D eigenvalue weighted by molar-refractivity contribution is -0.0322. The van der Waals surface area contributed by atoms with Crippen LogP contribution in [0.3, 0.4) is 0 Å². The van der Waals surface area contributed by atoms with Gasteiger partial charge in [0, 0.05) is 12.6 Å². The highest BCUT2D eigenvalue weighted by molar-refractivity contribution is 5.05. The molecule has 3 N–H and O–H groups in total. The fourth-order valence-corrected chi connectivity index (χ4v) is 5.18. The Morgan fingerprint density at radius 3 is 2.42 bits per heavy atom. The summed E-state index contributed by atoms with van der Waals surface area (Å²) < 4.78 is 2.14. The lowest BCUT2D eigenvalue weighted by Crippen LogP contribution is -2.46. The van der Waals surface area contributed by atoms with Crippen molar-refractivity contribution in [1.29, 1.82) is 0 Å². The monoisotopic (exact) mass is 262 g/mol. The Labute approximate surface area is 113 Å². The summed E-state index contributed by atoms with van der Waals surface area (Å²) in [6, 6.07) is 0.499. The van der Waals surface area contributed by atoms with Crippen LogP contribution >= 0.6 is 0 Å². The van der Waals surface area contributed by atoms with E-state index in [2.05, 4.69) is 14.8 Å². The Morgan fingerprint density at radius 2 is 1.84 bits per heavy atom. The Balaban J connectivity index is 1.67. The van der Waals surface area contributed by atoms with E-state index in [0.717, 1.165) is 23.7 Å². The van der Waals surface area contributed by atoms with Crippen molar-refractivity contribution in [2.45, 2.75) is 44.2 Å². The van der Waals surface area contributed by atoms with Crippen molar-refractivity contribution >= 4 is 0 Å². The van der Waals surface area contributed by atoms with E-state index < -0.39 is 6.10 Å². The van der Waals surface area contributed by atoms with Crippen molar-refractivity contribution in [2.24, 2.45) is 29.4 Å². The first kappa shape index (κ1) is 11.9. The molecule has 5 heteroatoms. The van der Waals surface area contributed by atoms with Crippen LogP contribution in [0.1, 0.15) is 50.1 Å². The van der Waals surface area contributed by atoms with Crippen molar-refractivity contribution in [3.63, 3.8) is 0 Å². The largest absolute Gasteiger partial charge is 0.384 e. The molecular weight excluding hydrogens is 240 g/mol. The molecule has 104 valence electrons. The summed E-state index contributed by atoms with van der Waals surface area (Å²) in [7, 11) is 0. The van der Waals surface area contributed by atoms with Crippen LogP contribution < -0.4 is 5.73 Å². The molecule has 0 radical (unpaired) electrons.